The third-order valence-electron chi connectivity index (χ3n) is 6.42. The fraction of sp³-hybridized carbons (Fsp3) is 0.242. The van der Waals surface area contributed by atoms with Gasteiger partial charge in [-0.3, -0.25) is 4.79 Å². The second kappa shape index (κ2) is 14.1. The van der Waals surface area contributed by atoms with Gasteiger partial charge in [-0.25, -0.2) is 4.99 Å². The average molecular weight is 567 g/mol. The lowest BCUT2D eigenvalue weighted by atomic mass is 9.80. The zero-order chi connectivity index (χ0) is 30.0. The maximum Gasteiger partial charge on any atom is 0.290 e. The summed E-state index contributed by atoms with van der Waals surface area (Å²) in [6, 6.07) is 25.2. The van der Waals surface area contributed by atoms with Gasteiger partial charge in [0.2, 0.25) is 5.95 Å². The first-order chi connectivity index (χ1) is 20.3. The fourth-order valence-corrected chi connectivity index (χ4v) is 4.33. The SMILES string of the molecule is COc1ccc(C(OC[C@@H](O)CC#Cc2c[nH]c(/N=C/N(C)C)nc2=O)(c2ccccc2)c2ccc(OC)cc2)cc1. The van der Waals surface area contributed by atoms with Crippen molar-refractivity contribution >= 4 is 12.3 Å². The maximum absolute atomic E-state index is 12.4. The number of benzene rings is 3. The topological polar surface area (TPSA) is 109 Å². The van der Waals surface area contributed by atoms with E-state index in [1.807, 2.05) is 93.0 Å². The number of nitrogens with zero attached hydrogens (tertiary/aromatic N) is 3. The van der Waals surface area contributed by atoms with Gasteiger partial charge in [-0.2, -0.15) is 4.98 Å². The summed E-state index contributed by atoms with van der Waals surface area (Å²) in [7, 11) is 6.87. The van der Waals surface area contributed by atoms with Crippen LogP contribution >= 0.6 is 0 Å². The van der Waals surface area contributed by atoms with Gasteiger partial charge < -0.3 is 29.2 Å². The first-order valence-electron chi connectivity index (χ1n) is 13.3. The van der Waals surface area contributed by atoms with Crippen LogP contribution in [-0.2, 0) is 10.3 Å². The number of ether oxygens (including phenoxy) is 3. The molecule has 216 valence electrons. The normalized spacial score (nSPS) is 11.9. The van der Waals surface area contributed by atoms with Crippen LogP contribution in [0.4, 0.5) is 5.95 Å². The highest BCUT2D eigenvalue weighted by atomic mass is 16.5. The average Bonchev–Trinajstić information content (AvgIpc) is 3.02. The lowest BCUT2D eigenvalue weighted by Crippen LogP contribution is -2.35. The number of rotatable bonds is 11. The highest BCUT2D eigenvalue weighted by Gasteiger charge is 2.38. The minimum atomic E-state index is -1.06. The summed E-state index contributed by atoms with van der Waals surface area (Å²) in [5.41, 5.74) is 1.22. The van der Waals surface area contributed by atoms with Crippen LogP contribution in [0.5, 0.6) is 11.5 Å². The molecule has 0 unspecified atom stereocenters. The van der Waals surface area contributed by atoms with Crippen molar-refractivity contribution < 1.29 is 19.3 Å². The molecule has 0 amide bonds. The molecule has 0 saturated carbocycles. The van der Waals surface area contributed by atoms with E-state index in [2.05, 4.69) is 26.8 Å². The molecule has 0 saturated heterocycles. The number of aromatic amines is 1. The molecule has 4 rings (SSSR count). The predicted octanol–water partition coefficient (Wildman–Crippen LogP) is 4.12. The Kier molecular flexibility index (Phi) is 10.1. The van der Waals surface area contributed by atoms with Crippen molar-refractivity contribution in [3.05, 3.63) is 118 Å². The minimum Gasteiger partial charge on any atom is -0.497 e. The molecular formula is C33H34N4O5. The van der Waals surface area contributed by atoms with Gasteiger partial charge in [0.15, 0.2) is 0 Å². The summed E-state index contributed by atoms with van der Waals surface area (Å²) >= 11 is 0. The Hall–Kier alpha value is -4.91. The number of methoxy groups -OCH3 is 2. The molecule has 1 heterocycles. The van der Waals surface area contributed by atoms with E-state index >= 15 is 0 Å². The van der Waals surface area contributed by atoms with E-state index in [9.17, 15) is 9.90 Å². The Labute approximate surface area is 245 Å². The third kappa shape index (κ3) is 7.23. The van der Waals surface area contributed by atoms with Crippen LogP contribution in [0.3, 0.4) is 0 Å². The number of nitrogens with one attached hydrogen (secondary N) is 1. The lowest BCUT2D eigenvalue weighted by Gasteiger charge is -2.36. The lowest BCUT2D eigenvalue weighted by molar-refractivity contribution is -0.0363. The largest absolute Gasteiger partial charge is 0.497 e. The van der Waals surface area contributed by atoms with Crippen LogP contribution in [0.25, 0.3) is 0 Å². The molecule has 0 aliphatic carbocycles. The maximum atomic E-state index is 12.4. The summed E-state index contributed by atoms with van der Waals surface area (Å²) in [6.45, 7) is -0.0333. The molecule has 4 aromatic rings. The van der Waals surface area contributed by atoms with Gasteiger partial charge in [-0.15, -0.1) is 0 Å². The van der Waals surface area contributed by atoms with Gasteiger partial charge in [0.1, 0.15) is 22.7 Å². The van der Waals surface area contributed by atoms with E-state index in [-0.39, 0.29) is 24.5 Å². The Balaban J connectivity index is 1.62. The Bertz CT molecular complexity index is 1540. The molecule has 0 aliphatic heterocycles. The van der Waals surface area contributed by atoms with Crippen molar-refractivity contribution in [1.29, 1.82) is 0 Å². The van der Waals surface area contributed by atoms with Crippen molar-refractivity contribution in [2.24, 2.45) is 4.99 Å². The van der Waals surface area contributed by atoms with Crippen LogP contribution in [0, 0.1) is 11.8 Å². The van der Waals surface area contributed by atoms with Crippen LogP contribution < -0.4 is 15.0 Å². The molecular weight excluding hydrogens is 532 g/mol. The molecule has 2 N–H and O–H groups in total. The van der Waals surface area contributed by atoms with Gasteiger partial charge in [0, 0.05) is 26.7 Å². The van der Waals surface area contributed by atoms with Crippen molar-refractivity contribution in [2.75, 3.05) is 34.9 Å². The van der Waals surface area contributed by atoms with Crippen molar-refractivity contribution in [3.63, 3.8) is 0 Å². The Morgan fingerprint density at radius 3 is 2.05 bits per heavy atom. The van der Waals surface area contributed by atoms with E-state index in [1.165, 1.54) is 12.5 Å². The van der Waals surface area contributed by atoms with Crippen molar-refractivity contribution in [1.82, 2.24) is 14.9 Å². The standard InChI is InChI=1S/C33H34N4O5/c1-37(2)23-35-32-34-21-24(31(39)36-32)9-8-12-28(38)22-42-33(25-10-6-5-7-11-25,26-13-17-29(40-3)18-14-26)27-15-19-30(41-4)20-16-27/h5-7,10-11,13-21,23,28,38H,12,22H2,1-4H3,(H,34,36,39)/b35-23+/t28-/m0/s1. The number of hydrogen-bond acceptors (Lipinski definition) is 7. The molecule has 0 spiro atoms. The molecule has 0 radical (unpaired) electrons. The first-order valence-corrected chi connectivity index (χ1v) is 13.3. The van der Waals surface area contributed by atoms with E-state index in [1.54, 1.807) is 19.1 Å². The molecule has 3 aromatic carbocycles. The summed E-state index contributed by atoms with van der Waals surface area (Å²) in [4.78, 5) is 24.9. The smallest absolute Gasteiger partial charge is 0.290 e. The van der Waals surface area contributed by atoms with Crippen LogP contribution in [0.2, 0.25) is 0 Å². The van der Waals surface area contributed by atoms with Crippen LogP contribution in [0.15, 0.2) is 94.8 Å². The second-order valence-electron chi connectivity index (χ2n) is 9.63. The predicted molar refractivity (Wildman–Crippen MR) is 162 cm³/mol. The highest BCUT2D eigenvalue weighted by Crippen LogP contribution is 2.41. The van der Waals surface area contributed by atoms with Gasteiger partial charge in [-0.05, 0) is 41.0 Å². The summed E-state index contributed by atoms with van der Waals surface area (Å²) in [5, 5.41) is 10.9. The van der Waals surface area contributed by atoms with E-state index in [0.717, 1.165) is 16.7 Å². The van der Waals surface area contributed by atoms with Crippen molar-refractivity contribution in [3.8, 4) is 23.3 Å². The van der Waals surface area contributed by atoms with Gasteiger partial charge in [0.25, 0.3) is 5.56 Å². The number of hydrogen-bond donors (Lipinski definition) is 2. The third-order valence-corrected chi connectivity index (χ3v) is 6.42. The van der Waals surface area contributed by atoms with E-state index < -0.39 is 17.3 Å². The minimum absolute atomic E-state index is 0.0333. The van der Waals surface area contributed by atoms with Gasteiger partial charge in [0.05, 0.1) is 33.3 Å². The molecule has 1 atom stereocenters. The molecule has 1 aromatic heterocycles. The van der Waals surface area contributed by atoms with Crippen LogP contribution in [-0.4, -0.2) is 67.3 Å². The second-order valence-corrected chi connectivity index (χ2v) is 9.63. The summed E-state index contributed by atoms with van der Waals surface area (Å²) in [6.07, 6.45) is 2.14. The zero-order valence-electron chi connectivity index (χ0n) is 24.1. The van der Waals surface area contributed by atoms with E-state index in [0.29, 0.717) is 11.5 Å². The zero-order valence-corrected chi connectivity index (χ0v) is 24.1. The molecule has 0 aliphatic rings. The number of aliphatic hydroxyl groups is 1. The fourth-order valence-electron chi connectivity index (χ4n) is 4.33. The van der Waals surface area contributed by atoms with Crippen LogP contribution in [0.1, 0.15) is 28.7 Å². The monoisotopic (exact) mass is 566 g/mol. The van der Waals surface area contributed by atoms with Gasteiger partial charge in [-0.1, -0.05) is 66.4 Å². The summed E-state index contributed by atoms with van der Waals surface area (Å²) < 4.78 is 17.5. The number of H-pyrrole nitrogens is 1. The molecule has 0 fully saturated rings. The molecule has 42 heavy (non-hydrogen) atoms. The Morgan fingerprint density at radius 1 is 0.952 bits per heavy atom. The molecule has 9 nitrogen and oxygen atoms in total. The number of aliphatic hydroxyl groups excluding tert-OH is 1. The summed E-state index contributed by atoms with van der Waals surface area (Å²) in [5.74, 6) is 7.28. The van der Waals surface area contributed by atoms with E-state index in [4.69, 9.17) is 14.2 Å². The first kappa shape index (κ1) is 30.1. The van der Waals surface area contributed by atoms with Crippen molar-refractivity contribution in [2.45, 2.75) is 18.1 Å². The highest BCUT2D eigenvalue weighted by molar-refractivity contribution is 5.57. The number of aromatic nitrogens is 2. The molecule has 9 heteroatoms. The quantitative estimate of drug-likeness (QED) is 0.122. The Morgan fingerprint density at radius 2 is 1.52 bits per heavy atom. The molecule has 0 bridgehead atoms. The van der Waals surface area contributed by atoms with Gasteiger partial charge >= 0.3 is 0 Å². The number of aliphatic imine (C=N–C) groups is 1.